The fourth-order valence-corrected chi connectivity index (χ4v) is 2.67. The molecule has 0 saturated carbocycles. The van der Waals surface area contributed by atoms with Gasteiger partial charge < -0.3 is 4.74 Å². The van der Waals surface area contributed by atoms with Crippen LogP contribution < -0.4 is 0 Å². The lowest BCUT2D eigenvalue weighted by molar-refractivity contribution is -0.363. The minimum atomic E-state index is -6.31. The lowest BCUT2D eigenvalue weighted by Gasteiger charge is -2.37. The van der Waals surface area contributed by atoms with Crippen LogP contribution in [0, 0.1) is 11.3 Å². The van der Waals surface area contributed by atoms with E-state index in [1.165, 1.54) is 0 Å². The van der Waals surface area contributed by atoms with E-state index in [1.807, 2.05) is 0 Å². The molecule has 0 amide bonds. The Morgan fingerprint density at radius 2 is 1.44 bits per heavy atom. The number of carbonyl (C=O) groups excluding carboxylic acids is 1. The molecule has 0 atom stereocenters. The molecular weight excluding hydrogens is 382 g/mol. The molecule has 0 aliphatic rings. The number of hydrogen-bond donors (Lipinski definition) is 1. The van der Waals surface area contributed by atoms with Crippen molar-refractivity contribution in [3.63, 3.8) is 0 Å². The molecule has 25 heavy (non-hydrogen) atoms. The second kappa shape index (κ2) is 7.29. The molecule has 0 spiro atoms. The third-order valence-corrected chi connectivity index (χ3v) is 4.24. The summed E-state index contributed by atoms with van der Waals surface area (Å²) >= 11 is 0. The summed E-state index contributed by atoms with van der Waals surface area (Å²) in [6, 6.07) is 0. The molecule has 0 fully saturated rings. The highest BCUT2D eigenvalue weighted by Crippen LogP contribution is 2.48. The molecular formula is C13H20F6O5S. The summed E-state index contributed by atoms with van der Waals surface area (Å²) in [5.74, 6) is -4.73. The van der Waals surface area contributed by atoms with Crippen molar-refractivity contribution in [2.75, 3.05) is 5.75 Å². The van der Waals surface area contributed by atoms with Crippen LogP contribution in [0.4, 0.5) is 26.3 Å². The van der Waals surface area contributed by atoms with E-state index in [2.05, 4.69) is 4.74 Å². The predicted molar refractivity (Wildman–Crippen MR) is 75.2 cm³/mol. The summed E-state index contributed by atoms with van der Waals surface area (Å²) in [4.78, 5) is 12.0. The van der Waals surface area contributed by atoms with Gasteiger partial charge in [-0.15, -0.1) is 0 Å². The van der Waals surface area contributed by atoms with Gasteiger partial charge >= 0.3 is 23.9 Å². The Morgan fingerprint density at radius 1 is 1.04 bits per heavy atom. The van der Waals surface area contributed by atoms with Crippen LogP contribution in [0.25, 0.3) is 0 Å². The highest BCUT2D eigenvalue weighted by molar-refractivity contribution is 7.85. The molecule has 0 radical (unpaired) electrons. The van der Waals surface area contributed by atoms with Crippen molar-refractivity contribution in [1.29, 1.82) is 0 Å². The SMILES string of the molecule is CC(C)CCC(C)(C)C(=O)OC(CS(=O)(=O)O)(C(F)(F)F)C(F)(F)F. The molecule has 1 N–H and O–H groups in total. The van der Waals surface area contributed by atoms with E-state index in [1.54, 1.807) is 13.8 Å². The molecule has 0 aliphatic carbocycles. The smallest absolute Gasteiger partial charge is 0.438 e. The molecule has 0 aromatic rings. The van der Waals surface area contributed by atoms with Gasteiger partial charge in [0.15, 0.2) is 0 Å². The van der Waals surface area contributed by atoms with Crippen LogP contribution in [0.3, 0.4) is 0 Å². The van der Waals surface area contributed by atoms with Crippen LogP contribution >= 0.6 is 0 Å². The van der Waals surface area contributed by atoms with Crippen molar-refractivity contribution in [3.05, 3.63) is 0 Å². The zero-order chi connectivity index (χ0) is 20.5. The zero-order valence-corrected chi connectivity index (χ0v) is 14.8. The minimum absolute atomic E-state index is 0.0138. The van der Waals surface area contributed by atoms with Crippen LogP contribution in [-0.4, -0.2) is 42.6 Å². The monoisotopic (exact) mass is 402 g/mol. The van der Waals surface area contributed by atoms with Gasteiger partial charge in [-0.25, -0.2) is 0 Å². The lowest BCUT2D eigenvalue weighted by atomic mass is 9.85. The molecule has 0 saturated heterocycles. The Hall–Kier alpha value is -1.04. The molecule has 0 unspecified atom stereocenters. The first-order valence-corrected chi connectivity index (χ1v) is 8.68. The number of ether oxygens (including phenoxy) is 1. The fourth-order valence-electron chi connectivity index (χ4n) is 1.77. The average molecular weight is 402 g/mol. The Labute approximate surface area is 141 Å². The normalized spacial score (nSPS) is 14.7. The summed E-state index contributed by atoms with van der Waals surface area (Å²) in [6.07, 6.45) is -12.4. The predicted octanol–water partition coefficient (Wildman–Crippen LogP) is 3.74. The van der Waals surface area contributed by atoms with Crippen molar-refractivity contribution in [1.82, 2.24) is 0 Å². The van der Waals surface area contributed by atoms with Crippen molar-refractivity contribution in [3.8, 4) is 0 Å². The first kappa shape index (κ1) is 24.0. The van der Waals surface area contributed by atoms with Gasteiger partial charge in [0.2, 0.25) is 0 Å². The maximum absolute atomic E-state index is 13.1. The van der Waals surface area contributed by atoms with Crippen molar-refractivity contribution in [2.45, 2.75) is 58.5 Å². The van der Waals surface area contributed by atoms with E-state index in [9.17, 15) is 39.6 Å². The Balaban J connectivity index is 5.99. The number of alkyl halides is 6. The van der Waals surface area contributed by atoms with Crippen LogP contribution in [0.15, 0.2) is 0 Å². The van der Waals surface area contributed by atoms with Crippen LogP contribution in [0.2, 0.25) is 0 Å². The van der Waals surface area contributed by atoms with E-state index in [-0.39, 0.29) is 12.3 Å². The topological polar surface area (TPSA) is 80.7 Å². The Kier molecular flexibility index (Phi) is 6.99. The van der Waals surface area contributed by atoms with Gasteiger partial charge in [0.05, 0.1) is 5.41 Å². The summed E-state index contributed by atoms with van der Waals surface area (Å²) in [5, 5.41) is 0. The molecule has 0 aliphatic heterocycles. The van der Waals surface area contributed by atoms with Gasteiger partial charge in [-0.2, -0.15) is 34.8 Å². The first-order valence-electron chi connectivity index (χ1n) is 7.07. The summed E-state index contributed by atoms with van der Waals surface area (Å²) in [5.41, 5.74) is -7.09. The van der Waals surface area contributed by atoms with Crippen molar-refractivity contribution >= 4 is 16.1 Å². The Bertz CT molecular complexity index is 563. The van der Waals surface area contributed by atoms with Gasteiger partial charge in [-0.3, -0.25) is 9.35 Å². The molecule has 0 bridgehead atoms. The third kappa shape index (κ3) is 6.32. The van der Waals surface area contributed by atoms with E-state index in [0.29, 0.717) is 6.42 Å². The van der Waals surface area contributed by atoms with E-state index < -0.39 is 45.2 Å². The quantitative estimate of drug-likeness (QED) is 0.399. The zero-order valence-electron chi connectivity index (χ0n) is 14.0. The summed E-state index contributed by atoms with van der Waals surface area (Å²) in [7, 11) is -5.78. The Morgan fingerprint density at radius 3 is 1.72 bits per heavy atom. The molecule has 5 nitrogen and oxygen atoms in total. The van der Waals surface area contributed by atoms with Crippen molar-refractivity contribution in [2.24, 2.45) is 11.3 Å². The van der Waals surface area contributed by atoms with E-state index >= 15 is 0 Å². The maximum Gasteiger partial charge on any atom is 0.438 e. The molecule has 0 rings (SSSR count). The van der Waals surface area contributed by atoms with Gasteiger partial charge in [-0.05, 0) is 32.6 Å². The third-order valence-electron chi connectivity index (χ3n) is 3.47. The van der Waals surface area contributed by atoms with Crippen LogP contribution in [0.5, 0.6) is 0 Å². The maximum atomic E-state index is 13.1. The van der Waals surface area contributed by atoms with Gasteiger partial charge in [-0.1, -0.05) is 13.8 Å². The standard InChI is InChI=1S/C13H20F6O5S/c1-8(2)5-6-10(3,4)9(20)24-11(12(14,15)16,13(17,18)19)7-25(21,22)23/h8H,5-7H2,1-4H3,(H,21,22,23). The lowest BCUT2D eigenvalue weighted by Crippen LogP contribution is -2.64. The van der Waals surface area contributed by atoms with Gasteiger partial charge in [0.25, 0.3) is 10.1 Å². The molecule has 150 valence electrons. The average Bonchev–Trinajstić information content (AvgIpc) is 2.31. The number of hydrogen-bond acceptors (Lipinski definition) is 4. The van der Waals surface area contributed by atoms with Crippen LogP contribution in [-0.2, 0) is 19.6 Å². The first-order chi connectivity index (χ1) is 10.8. The number of esters is 1. The van der Waals surface area contributed by atoms with E-state index in [4.69, 9.17) is 4.55 Å². The number of rotatable bonds is 7. The van der Waals surface area contributed by atoms with Gasteiger partial charge in [0, 0.05) is 0 Å². The van der Waals surface area contributed by atoms with E-state index in [0.717, 1.165) is 13.8 Å². The largest absolute Gasteiger partial charge is 0.438 e. The summed E-state index contributed by atoms with van der Waals surface area (Å²) in [6.45, 7) is 5.64. The molecule has 12 heteroatoms. The summed E-state index contributed by atoms with van der Waals surface area (Å²) < 4.78 is 112. The molecule has 0 aromatic carbocycles. The highest BCUT2D eigenvalue weighted by atomic mass is 32.2. The van der Waals surface area contributed by atoms with Crippen molar-refractivity contribution < 1.29 is 48.8 Å². The van der Waals surface area contributed by atoms with Crippen LogP contribution in [0.1, 0.15) is 40.5 Å². The highest BCUT2D eigenvalue weighted by Gasteiger charge is 2.76. The second-order valence-corrected chi connectivity index (χ2v) is 8.21. The molecule has 0 aromatic heterocycles. The fraction of sp³-hybridized carbons (Fsp3) is 0.923. The number of halogens is 6. The van der Waals surface area contributed by atoms with Gasteiger partial charge in [0.1, 0.15) is 5.75 Å². The minimum Gasteiger partial charge on any atom is -0.438 e. The number of carbonyl (C=O) groups is 1. The second-order valence-electron chi connectivity index (χ2n) is 6.75. The molecule has 0 heterocycles.